The second-order valence-electron chi connectivity index (χ2n) is 6.13. The maximum Gasteiger partial charge on any atom is 0.196 e. The van der Waals surface area contributed by atoms with Crippen molar-refractivity contribution in [3.63, 3.8) is 0 Å². The molecule has 0 amide bonds. The fourth-order valence-corrected chi connectivity index (χ4v) is 3.52. The predicted octanol–water partition coefficient (Wildman–Crippen LogP) is 3.28. The van der Waals surface area contributed by atoms with E-state index in [4.69, 9.17) is 17.3 Å². The number of nitrogens with zero attached hydrogens (tertiary/aromatic N) is 2. The van der Waals surface area contributed by atoms with Gasteiger partial charge in [0.1, 0.15) is 0 Å². The zero-order chi connectivity index (χ0) is 13.6. The largest absolute Gasteiger partial charge is 0.369 e. The number of aliphatic imine (C=N–C) groups is 1. The number of benzene rings is 1. The first kappa shape index (κ1) is 12.8. The molecule has 1 fully saturated rings. The van der Waals surface area contributed by atoms with Gasteiger partial charge in [-0.3, -0.25) is 4.99 Å². The van der Waals surface area contributed by atoms with E-state index in [1.165, 1.54) is 12.8 Å². The number of halogens is 1. The Hall–Kier alpha value is -1.22. The third kappa shape index (κ3) is 2.00. The lowest BCUT2D eigenvalue weighted by atomic mass is 9.63. The third-order valence-corrected chi connectivity index (χ3v) is 4.77. The summed E-state index contributed by atoms with van der Waals surface area (Å²) in [5, 5.41) is 0.743. The lowest BCUT2D eigenvalue weighted by Crippen LogP contribution is -2.60. The molecule has 1 saturated carbocycles. The van der Waals surface area contributed by atoms with E-state index in [0.717, 1.165) is 29.1 Å². The zero-order valence-electron chi connectivity index (χ0n) is 11.4. The van der Waals surface area contributed by atoms with Crippen molar-refractivity contribution >= 4 is 23.2 Å². The molecule has 1 spiro atoms. The van der Waals surface area contributed by atoms with Gasteiger partial charge in [0, 0.05) is 10.7 Å². The molecule has 1 aliphatic heterocycles. The van der Waals surface area contributed by atoms with Gasteiger partial charge in [-0.15, -0.1) is 0 Å². The van der Waals surface area contributed by atoms with Crippen molar-refractivity contribution in [2.24, 2.45) is 22.6 Å². The molecule has 3 nitrogen and oxygen atoms in total. The van der Waals surface area contributed by atoms with Crippen LogP contribution in [0.25, 0.3) is 0 Å². The van der Waals surface area contributed by atoms with Crippen molar-refractivity contribution in [3.8, 4) is 0 Å². The minimum absolute atomic E-state index is 0.101. The Labute approximate surface area is 119 Å². The van der Waals surface area contributed by atoms with Crippen LogP contribution in [-0.4, -0.2) is 18.0 Å². The van der Waals surface area contributed by atoms with Gasteiger partial charge in [0.25, 0.3) is 0 Å². The van der Waals surface area contributed by atoms with E-state index in [2.05, 4.69) is 29.8 Å². The highest BCUT2D eigenvalue weighted by molar-refractivity contribution is 6.31. The highest BCUT2D eigenvalue weighted by atomic mass is 35.5. The topological polar surface area (TPSA) is 41.6 Å². The van der Waals surface area contributed by atoms with Crippen molar-refractivity contribution < 1.29 is 0 Å². The van der Waals surface area contributed by atoms with Crippen LogP contribution in [-0.2, 0) is 0 Å². The highest BCUT2D eigenvalue weighted by Crippen LogP contribution is 2.49. The van der Waals surface area contributed by atoms with Crippen LogP contribution < -0.4 is 10.6 Å². The average Bonchev–Trinajstić information content (AvgIpc) is 2.64. The summed E-state index contributed by atoms with van der Waals surface area (Å²) in [5.74, 6) is 2.14. The van der Waals surface area contributed by atoms with E-state index in [1.807, 2.05) is 18.2 Å². The van der Waals surface area contributed by atoms with Crippen molar-refractivity contribution in [3.05, 3.63) is 29.3 Å². The summed E-state index contributed by atoms with van der Waals surface area (Å²) in [6.45, 7) is 5.40. The Kier molecular flexibility index (Phi) is 2.97. The molecule has 1 aliphatic carbocycles. The average molecular weight is 278 g/mol. The third-order valence-electron chi connectivity index (χ3n) is 4.53. The van der Waals surface area contributed by atoms with Gasteiger partial charge in [0.15, 0.2) is 5.96 Å². The molecule has 0 atom stereocenters. The molecule has 0 radical (unpaired) electrons. The van der Waals surface area contributed by atoms with Crippen LogP contribution in [0.4, 0.5) is 5.69 Å². The van der Waals surface area contributed by atoms with E-state index < -0.39 is 0 Å². The summed E-state index contributed by atoms with van der Waals surface area (Å²) in [6.07, 6.45) is 2.34. The first-order chi connectivity index (χ1) is 9.02. The summed E-state index contributed by atoms with van der Waals surface area (Å²) in [6, 6.07) is 7.89. The van der Waals surface area contributed by atoms with Gasteiger partial charge in [-0.1, -0.05) is 31.5 Å². The molecule has 19 heavy (non-hydrogen) atoms. The quantitative estimate of drug-likeness (QED) is 0.901. The summed E-state index contributed by atoms with van der Waals surface area (Å²) in [4.78, 5) is 6.66. The summed E-state index contributed by atoms with van der Waals surface area (Å²) < 4.78 is 0. The van der Waals surface area contributed by atoms with Crippen LogP contribution in [0, 0.1) is 11.8 Å². The van der Waals surface area contributed by atoms with Gasteiger partial charge in [-0.25, -0.2) is 0 Å². The number of hydrogen-bond acceptors (Lipinski definition) is 3. The van der Waals surface area contributed by atoms with E-state index in [9.17, 15) is 0 Å². The second kappa shape index (κ2) is 4.41. The summed E-state index contributed by atoms with van der Waals surface area (Å²) in [7, 11) is 0. The predicted molar refractivity (Wildman–Crippen MR) is 80.7 cm³/mol. The minimum Gasteiger partial charge on any atom is -0.369 e. The number of hydrogen-bond donors (Lipinski definition) is 1. The molecule has 2 N–H and O–H groups in total. The van der Waals surface area contributed by atoms with Gasteiger partial charge >= 0.3 is 0 Å². The normalized spacial score (nSPS) is 29.8. The molecule has 2 aliphatic rings. The second-order valence-corrected chi connectivity index (χ2v) is 6.56. The van der Waals surface area contributed by atoms with Crippen molar-refractivity contribution in [2.75, 3.05) is 11.4 Å². The fraction of sp³-hybridized carbons (Fsp3) is 0.533. The van der Waals surface area contributed by atoms with Gasteiger partial charge in [0.2, 0.25) is 0 Å². The smallest absolute Gasteiger partial charge is 0.196 e. The molecule has 0 aromatic heterocycles. The molecule has 0 saturated heterocycles. The Bertz CT molecular complexity index is 518. The van der Waals surface area contributed by atoms with Crippen LogP contribution in [0.5, 0.6) is 0 Å². The molecule has 0 unspecified atom stereocenters. The van der Waals surface area contributed by atoms with Crippen LogP contribution >= 0.6 is 11.6 Å². The Balaban J connectivity index is 1.88. The lowest BCUT2D eigenvalue weighted by Gasteiger charge is -2.52. The summed E-state index contributed by atoms with van der Waals surface area (Å²) >= 11 is 6.10. The number of guanidine groups is 1. The molecule has 3 rings (SSSR count). The van der Waals surface area contributed by atoms with Gasteiger partial charge < -0.3 is 10.6 Å². The number of rotatable bonds is 2. The van der Waals surface area contributed by atoms with Gasteiger partial charge in [-0.2, -0.15) is 0 Å². The Morgan fingerprint density at radius 2 is 2.16 bits per heavy atom. The van der Waals surface area contributed by atoms with Crippen LogP contribution in [0.2, 0.25) is 5.02 Å². The van der Waals surface area contributed by atoms with Crippen molar-refractivity contribution in [2.45, 2.75) is 32.2 Å². The van der Waals surface area contributed by atoms with Crippen molar-refractivity contribution in [1.82, 2.24) is 0 Å². The van der Waals surface area contributed by atoms with E-state index in [0.29, 0.717) is 5.96 Å². The molecule has 4 heteroatoms. The fourth-order valence-electron chi connectivity index (χ4n) is 3.33. The maximum absolute atomic E-state index is 6.10. The summed E-state index contributed by atoms with van der Waals surface area (Å²) in [5.41, 5.74) is 7.26. The maximum atomic E-state index is 6.10. The molecule has 0 bridgehead atoms. The highest BCUT2D eigenvalue weighted by Gasteiger charge is 2.53. The molecule has 1 heterocycles. The number of anilines is 1. The van der Waals surface area contributed by atoms with Crippen LogP contribution in [0.3, 0.4) is 0 Å². The molecule has 1 aromatic carbocycles. The zero-order valence-corrected chi connectivity index (χ0v) is 12.2. The monoisotopic (exact) mass is 277 g/mol. The molecule has 1 aromatic rings. The van der Waals surface area contributed by atoms with Crippen LogP contribution in [0.15, 0.2) is 29.3 Å². The first-order valence-electron chi connectivity index (χ1n) is 6.87. The Morgan fingerprint density at radius 1 is 1.42 bits per heavy atom. The van der Waals surface area contributed by atoms with E-state index in [-0.39, 0.29) is 5.54 Å². The van der Waals surface area contributed by atoms with Gasteiger partial charge in [0.05, 0.1) is 12.1 Å². The molecule has 102 valence electrons. The van der Waals surface area contributed by atoms with Crippen molar-refractivity contribution in [1.29, 1.82) is 0 Å². The SMILES string of the molecule is CC(C)C1CC2(CN=C(N)N2c2cccc(Cl)c2)C1. The molecular weight excluding hydrogens is 258 g/mol. The van der Waals surface area contributed by atoms with Gasteiger partial charge in [-0.05, 0) is 42.9 Å². The first-order valence-corrected chi connectivity index (χ1v) is 7.25. The lowest BCUT2D eigenvalue weighted by molar-refractivity contribution is 0.121. The van der Waals surface area contributed by atoms with E-state index >= 15 is 0 Å². The number of nitrogens with two attached hydrogens (primary N) is 1. The van der Waals surface area contributed by atoms with Crippen LogP contribution in [0.1, 0.15) is 26.7 Å². The van der Waals surface area contributed by atoms with E-state index in [1.54, 1.807) is 0 Å². The Morgan fingerprint density at radius 3 is 2.79 bits per heavy atom. The standard InChI is InChI=1S/C15H20ClN3/c1-10(2)11-7-15(8-11)9-18-14(17)19(15)13-5-3-4-12(16)6-13/h3-6,10-11H,7-9H2,1-2H3,(H2,17,18). The minimum atomic E-state index is 0.101. The molecular formula is C15H20ClN3.